The van der Waals surface area contributed by atoms with Crippen molar-refractivity contribution in [2.75, 3.05) is 5.73 Å². The van der Waals surface area contributed by atoms with Crippen LogP contribution in [0.2, 0.25) is 0 Å². The summed E-state index contributed by atoms with van der Waals surface area (Å²) in [6.07, 6.45) is 6.43. The SMILES string of the molecule is CC(C)C(c1ccc(C(F)(F)F)nc1)n1cc(-c2cc(-c3ccc(C4CC4)nc3)c3nc(N)nn3c2)cn1. The van der Waals surface area contributed by atoms with E-state index in [1.54, 1.807) is 15.4 Å². The number of anilines is 1. The lowest BCUT2D eigenvalue weighted by Gasteiger charge is -2.22. The first kappa shape index (κ1) is 24.1. The lowest BCUT2D eigenvalue weighted by atomic mass is 9.97. The number of nitrogens with zero attached hydrogens (tertiary/aromatic N) is 7. The summed E-state index contributed by atoms with van der Waals surface area (Å²) in [5, 5.41) is 8.89. The van der Waals surface area contributed by atoms with Gasteiger partial charge in [-0.2, -0.15) is 23.3 Å². The minimum absolute atomic E-state index is 0.0468. The Morgan fingerprint density at radius 2 is 1.76 bits per heavy atom. The maximum absolute atomic E-state index is 13.0. The number of hydrogen-bond donors (Lipinski definition) is 1. The van der Waals surface area contributed by atoms with Crippen LogP contribution in [0.3, 0.4) is 0 Å². The van der Waals surface area contributed by atoms with E-state index in [-0.39, 0.29) is 17.9 Å². The van der Waals surface area contributed by atoms with E-state index in [0.717, 1.165) is 34.0 Å². The van der Waals surface area contributed by atoms with Gasteiger partial charge in [-0.3, -0.25) is 14.6 Å². The predicted octanol–water partition coefficient (Wildman–Crippen LogP) is 5.77. The van der Waals surface area contributed by atoms with Crippen molar-refractivity contribution < 1.29 is 13.2 Å². The van der Waals surface area contributed by atoms with Crippen LogP contribution in [-0.2, 0) is 6.18 Å². The Morgan fingerprint density at radius 1 is 0.947 bits per heavy atom. The molecule has 1 aliphatic rings. The molecule has 1 unspecified atom stereocenters. The van der Waals surface area contributed by atoms with Crippen molar-refractivity contribution in [3.63, 3.8) is 0 Å². The molecule has 0 aromatic carbocycles. The van der Waals surface area contributed by atoms with Gasteiger partial charge in [0.2, 0.25) is 5.95 Å². The fraction of sp³-hybridized carbons (Fsp3) is 0.296. The molecule has 5 aromatic rings. The standard InChI is InChI=1S/C27H25F3N8/c1-15(2)24(18-6-8-23(33-11-18)27(28,29)30)37-14-20(12-34-37)19-9-21(25-35-26(31)36-38(25)13-19)17-5-7-22(32-10-17)16-3-4-16/h5-16,24H,3-4H2,1-2H3,(H2,31,36). The fourth-order valence-corrected chi connectivity index (χ4v) is 4.79. The number of pyridine rings is 3. The third kappa shape index (κ3) is 4.48. The molecule has 194 valence electrons. The van der Waals surface area contributed by atoms with Crippen LogP contribution in [0, 0.1) is 5.92 Å². The second kappa shape index (κ2) is 8.93. The van der Waals surface area contributed by atoms with E-state index in [4.69, 9.17) is 5.73 Å². The molecule has 0 radical (unpaired) electrons. The van der Waals surface area contributed by atoms with Crippen LogP contribution in [-0.4, -0.2) is 34.3 Å². The predicted molar refractivity (Wildman–Crippen MR) is 136 cm³/mol. The molecule has 11 heteroatoms. The van der Waals surface area contributed by atoms with Gasteiger partial charge in [0.05, 0.1) is 12.2 Å². The summed E-state index contributed by atoms with van der Waals surface area (Å²) in [4.78, 5) is 12.7. The molecule has 0 amide bonds. The van der Waals surface area contributed by atoms with Crippen LogP contribution in [0.5, 0.6) is 0 Å². The van der Waals surface area contributed by atoms with Crippen molar-refractivity contribution in [3.8, 4) is 22.3 Å². The molecule has 5 aromatic heterocycles. The molecule has 0 spiro atoms. The summed E-state index contributed by atoms with van der Waals surface area (Å²) in [7, 11) is 0. The van der Waals surface area contributed by atoms with Gasteiger partial charge >= 0.3 is 6.18 Å². The van der Waals surface area contributed by atoms with Gasteiger partial charge in [-0.1, -0.05) is 26.0 Å². The second-order valence-electron chi connectivity index (χ2n) is 10.00. The zero-order chi connectivity index (χ0) is 26.6. The molecule has 0 aliphatic heterocycles. The third-order valence-electron chi connectivity index (χ3n) is 6.81. The van der Waals surface area contributed by atoms with E-state index < -0.39 is 11.9 Å². The highest BCUT2D eigenvalue weighted by Crippen LogP contribution is 2.39. The van der Waals surface area contributed by atoms with Crippen LogP contribution in [0.4, 0.5) is 19.1 Å². The highest BCUT2D eigenvalue weighted by atomic mass is 19.4. The maximum atomic E-state index is 13.0. The molecule has 1 atom stereocenters. The lowest BCUT2D eigenvalue weighted by Crippen LogP contribution is -2.18. The van der Waals surface area contributed by atoms with Crippen LogP contribution in [0.25, 0.3) is 27.9 Å². The van der Waals surface area contributed by atoms with Gasteiger partial charge in [0.1, 0.15) is 5.69 Å². The molecule has 0 saturated heterocycles. The maximum Gasteiger partial charge on any atom is 0.433 e. The Hall–Kier alpha value is -4.28. The average Bonchev–Trinajstić information content (AvgIpc) is 3.50. The second-order valence-corrected chi connectivity index (χ2v) is 10.00. The number of nitrogen functional groups attached to an aromatic ring is 1. The minimum atomic E-state index is -4.49. The summed E-state index contributed by atoms with van der Waals surface area (Å²) >= 11 is 0. The summed E-state index contributed by atoms with van der Waals surface area (Å²) in [6.45, 7) is 3.98. The molecule has 1 fully saturated rings. The first-order valence-electron chi connectivity index (χ1n) is 12.4. The van der Waals surface area contributed by atoms with Gasteiger partial charge < -0.3 is 5.73 Å². The minimum Gasteiger partial charge on any atom is -0.366 e. The zero-order valence-electron chi connectivity index (χ0n) is 20.8. The summed E-state index contributed by atoms with van der Waals surface area (Å²) in [6, 6.07) is 8.26. The van der Waals surface area contributed by atoms with Gasteiger partial charge in [0, 0.05) is 58.7 Å². The molecule has 6 rings (SSSR count). The zero-order valence-corrected chi connectivity index (χ0v) is 20.8. The number of hydrogen-bond acceptors (Lipinski definition) is 6. The van der Waals surface area contributed by atoms with Crippen molar-refractivity contribution in [1.82, 2.24) is 34.3 Å². The smallest absolute Gasteiger partial charge is 0.366 e. The summed E-state index contributed by atoms with van der Waals surface area (Å²) in [5.74, 6) is 0.764. The molecular weight excluding hydrogens is 493 g/mol. The number of aromatic nitrogens is 7. The molecule has 1 saturated carbocycles. The normalized spacial score (nSPS) is 14.9. The Labute approximate surface area is 216 Å². The first-order valence-corrected chi connectivity index (χ1v) is 12.4. The number of halogens is 3. The van der Waals surface area contributed by atoms with Crippen LogP contribution >= 0.6 is 0 Å². The summed E-state index contributed by atoms with van der Waals surface area (Å²) in [5.41, 5.74) is 10.8. The van der Waals surface area contributed by atoms with E-state index in [1.807, 2.05) is 44.6 Å². The van der Waals surface area contributed by atoms with E-state index in [9.17, 15) is 13.2 Å². The van der Waals surface area contributed by atoms with Crippen molar-refractivity contribution in [2.24, 2.45) is 5.92 Å². The van der Waals surface area contributed by atoms with E-state index in [0.29, 0.717) is 17.1 Å². The monoisotopic (exact) mass is 518 g/mol. The van der Waals surface area contributed by atoms with Gasteiger partial charge in [-0.25, -0.2) is 4.52 Å². The Balaban J connectivity index is 1.38. The van der Waals surface area contributed by atoms with Crippen LogP contribution < -0.4 is 5.73 Å². The fourth-order valence-electron chi connectivity index (χ4n) is 4.79. The van der Waals surface area contributed by atoms with Crippen LogP contribution in [0.15, 0.2) is 61.3 Å². The largest absolute Gasteiger partial charge is 0.433 e. The van der Waals surface area contributed by atoms with Crippen molar-refractivity contribution in [1.29, 1.82) is 0 Å². The molecule has 38 heavy (non-hydrogen) atoms. The van der Waals surface area contributed by atoms with Crippen LogP contribution in [0.1, 0.15) is 55.6 Å². The van der Waals surface area contributed by atoms with E-state index in [1.165, 1.54) is 25.1 Å². The van der Waals surface area contributed by atoms with Gasteiger partial charge in [0.15, 0.2) is 5.65 Å². The number of rotatable bonds is 6. The quantitative estimate of drug-likeness (QED) is 0.306. The van der Waals surface area contributed by atoms with Crippen molar-refractivity contribution in [3.05, 3.63) is 78.3 Å². The molecule has 8 nitrogen and oxygen atoms in total. The topological polar surface area (TPSA) is 99.8 Å². The molecular formula is C27H25F3N8. The molecule has 5 heterocycles. The van der Waals surface area contributed by atoms with Gasteiger partial charge in [0.25, 0.3) is 0 Å². The molecule has 2 N–H and O–H groups in total. The highest BCUT2D eigenvalue weighted by Gasteiger charge is 2.32. The van der Waals surface area contributed by atoms with Crippen molar-refractivity contribution >= 4 is 11.6 Å². The van der Waals surface area contributed by atoms with E-state index >= 15 is 0 Å². The molecule has 1 aliphatic carbocycles. The third-order valence-corrected chi connectivity index (χ3v) is 6.81. The van der Waals surface area contributed by atoms with E-state index in [2.05, 4.69) is 31.2 Å². The Morgan fingerprint density at radius 3 is 2.39 bits per heavy atom. The van der Waals surface area contributed by atoms with Gasteiger partial charge in [-0.05, 0) is 42.5 Å². The Kier molecular flexibility index (Phi) is 5.66. The van der Waals surface area contributed by atoms with Gasteiger partial charge in [-0.15, -0.1) is 5.10 Å². The molecule has 0 bridgehead atoms. The number of fused-ring (bicyclic) bond motifs is 1. The average molecular weight is 519 g/mol. The highest BCUT2D eigenvalue weighted by molar-refractivity contribution is 5.82. The lowest BCUT2D eigenvalue weighted by molar-refractivity contribution is -0.141. The number of nitrogens with two attached hydrogens (primary N) is 1. The number of alkyl halides is 3. The first-order chi connectivity index (χ1) is 18.2. The summed E-state index contributed by atoms with van der Waals surface area (Å²) < 4.78 is 42.5. The van der Waals surface area contributed by atoms with Crippen molar-refractivity contribution in [2.45, 2.75) is 44.8 Å². The Bertz CT molecular complexity index is 1600.